The molecular formula is C19H20N4O2S. The van der Waals surface area contributed by atoms with Crippen LogP contribution in [0.1, 0.15) is 22.8 Å². The summed E-state index contributed by atoms with van der Waals surface area (Å²) in [6.45, 7) is 8.58. The quantitative estimate of drug-likeness (QED) is 0.834. The molecule has 0 saturated carbocycles. The number of rotatable bonds is 3. The van der Waals surface area contributed by atoms with Gasteiger partial charge in [0.1, 0.15) is 6.04 Å². The number of carbonyl (C=O) groups is 2. The lowest BCUT2D eigenvalue weighted by Gasteiger charge is -2.37. The summed E-state index contributed by atoms with van der Waals surface area (Å²) in [7, 11) is 0. The molecule has 26 heavy (non-hydrogen) atoms. The van der Waals surface area contributed by atoms with Crippen molar-refractivity contribution < 1.29 is 9.59 Å². The fourth-order valence-electron chi connectivity index (χ4n) is 3.58. The summed E-state index contributed by atoms with van der Waals surface area (Å²) in [5, 5.41) is 2.95. The molecule has 0 spiro atoms. The van der Waals surface area contributed by atoms with E-state index in [1.165, 1.54) is 4.90 Å². The van der Waals surface area contributed by atoms with Gasteiger partial charge in [0.2, 0.25) is 5.91 Å². The van der Waals surface area contributed by atoms with Gasteiger partial charge in [0.25, 0.3) is 5.91 Å². The Kier molecular flexibility index (Phi) is 4.24. The van der Waals surface area contributed by atoms with Gasteiger partial charge in [-0.25, -0.2) is 4.98 Å². The molecule has 2 aliphatic rings. The second-order valence-electron chi connectivity index (χ2n) is 6.47. The number of hydrogen-bond donors (Lipinski definition) is 0. The third-order valence-electron chi connectivity index (χ3n) is 5.00. The highest BCUT2D eigenvalue weighted by molar-refractivity contribution is 7.13. The molecule has 134 valence electrons. The molecule has 0 radical (unpaired) electrons. The molecule has 1 saturated heterocycles. The average molecular weight is 368 g/mol. The van der Waals surface area contributed by atoms with Gasteiger partial charge in [-0.2, -0.15) is 0 Å². The third-order valence-corrected chi connectivity index (χ3v) is 5.84. The molecule has 0 aliphatic carbocycles. The maximum absolute atomic E-state index is 13.0. The molecule has 7 heteroatoms. The van der Waals surface area contributed by atoms with Crippen LogP contribution in [0.2, 0.25) is 0 Å². The SMILES string of the molecule is C=C1c2ccccc2C(=O)N1[C@@H](C)C(=O)N1CCN(c2nccs2)CC1. The smallest absolute Gasteiger partial charge is 0.259 e. The van der Waals surface area contributed by atoms with E-state index in [9.17, 15) is 9.59 Å². The number of benzene rings is 1. The van der Waals surface area contributed by atoms with E-state index in [1.54, 1.807) is 30.5 Å². The van der Waals surface area contributed by atoms with Gasteiger partial charge in [0, 0.05) is 54.6 Å². The first-order valence-corrected chi connectivity index (χ1v) is 9.51. The number of amides is 2. The number of fused-ring (bicyclic) bond motifs is 1. The number of carbonyl (C=O) groups excluding carboxylic acids is 2. The number of nitrogens with zero attached hydrogens (tertiary/aromatic N) is 4. The molecule has 1 fully saturated rings. The van der Waals surface area contributed by atoms with Crippen molar-refractivity contribution in [1.29, 1.82) is 0 Å². The summed E-state index contributed by atoms with van der Waals surface area (Å²) < 4.78 is 0. The molecular weight excluding hydrogens is 348 g/mol. The maximum atomic E-state index is 13.0. The van der Waals surface area contributed by atoms with Crippen LogP contribution in [0.25, 0.3) is 5.70 Å². The Labute approximate surface area is 156 Å². The minimum atomic E-state index is -0.561. The van der Waals surface area contributed by atoms with Gasteiger partial charge in [-0.3, -0.25) is 14.5 Å². The van der Waals surface area contributed by atoms with Crippen LogP contribution in [0, 0.1) is 0 Å². The molecule has 1 aromatic heterocycles. The van der Waals surface area contributed by atoms with E-state index < -0.39 is 6.04 Å². The summed E-state index contributed by atoms with van der Waals surface area (Å²) in [5.74, 6) is -0.182. The Hall–Kier alpha value is -2.67. The van der Waals surface area contributed by atoms with Gasteiger partial charge < -0.3 is 9.80 Å². The summed E-state index contributed by atoms with van der Waals surface area (Å²) in [4.78, 5) is 35.6. The number of aromatic nitrogens is 1. The Morgan fingerprint density at radius 3 is 2.50 bits per heavy atom. The highest BCUT2D eigenvalue weighted by Crippen LogP contribution is 2.33. The molecule has 3 heterocycles. The van der Waals surface area contributed by atoms with E-state index in [1.807, 2.05) is 28.5 Å². The summed E-state index contributed by atoms with van der Waals surface area (Å²) in [5.41, 5.74) is 2.03. The van der Waals surface area contributed by atoms with Gasteiger partial charge in [-0.05, 0) is 13.0 Å². The average Bonchev–Trinajstić information content (AvgIpc) is 3.29. The van der Waals surface area contributed by atoms with Crippen LogP contribution in [0.4, 0.5) is 5.13 Å². The molecule has 2 amide bonds. The predicted molar refractivity (Wildman–Crippen MR) is 102 cm³/mol. The minimum Gasteiger partial charge on any atom is -0.345 e. The summed E-state index contributed by atoms with van der Waals surface area (Å²) in [6, 6.07) is 6.81. The van der Waals surface area contributed by atoms with Crippen LogP contribution in [-0.4, -0.2) is 58.8 Å². The largest absolute Gasteiger partial charge is 0.345 e. The molecule has 1 aromatic carbocycles. The summed E-state index contributed by atoms with van der Waals surface area (Å²) in [6.07, 6.45) is 1.79. The Morgan fingerprint density at radius 1 is 1.19 bits per heavy atom. The normalized spacial score (nSPS) is 18.3. The molecule has 4 rings (SSSR count). The Balaban J connectivity index is 1.44. The fourth-order valence-corrected chi connectivity index (χ4v) is 4.27. The number of anilines is 1. The molecule has 2 aromatic rings. The second-order valence-corrected chi connectivity index (χ2v) is 7.34. The van der Waals surface area contributed by atoms with Crippen molar-refractivity contribution in [3.8, 4) is 0 Å². The minimum absolute atomic E-state index is 0.0360. The zero-order valence-electron chi connectivity index (χ0n) is 14.6. The van der Waals surface area contributed by atoms with E-state index in [0.717, 1.165) is 23.8 Å². The Bertz CT molecular complexity index is 821. The topological polar surface area (TPSA) is 56.8 Å². The first-order chi connectivity index (χ1) is 12.6. The van der Waals surface area contributed by atoms with Crippen molar-refractivity contribution in [1.82, 2.24) is 14.8 Å². The lowest BCUT2D eigenvalue weighted by atomic mass is 10.1. The Morgan fingerprint density at radius 2 is 1.88 bits per heavy atom. The molecule has 1 atom stereocenters. The standard InChI is InChI=1S/C19H20N4O2S/c1-13-15-5-3-4-6-16(15)18(25)23(13)14(2)17(24)21-8-10-22(11-9-21)19-20-7-12-26-19/h3-7,12,14H,1,8-11H2,2H3/t14-/m0/s1. The van der Waals surface area contributed by atoms with Crippen molar-refractivity contribution in [3.05, 3.63) is 53.5 Å². The van der Waals surface area contributed by atoms with E-state index in [0.29, 0.717) is 24.4 Å². The van der Waals surface area contributed by atoms with E-state index in [4.69, 9.17) is 0 Å². The number of hydrogen-bond acceptors (Lipinski definition) is 5. The monoisotopic (exact) mass is 368 g/mol. The lowest BCUT2D eigenvalue weighted by Crippen LogP contribution is -2.54. The highest BCUT2D eigenvalue weighted by atomic mass is 32.1. The molecule has 0 bridgehead atoms. The van der Waals surface area contributed by atoms with Crippen LogP contribution >= 0.6 is 11.3 Å². The first kappa shape index (κ1) is 16.8. The van der Waals surface area contributed by atoms with Gasteiger partial charge in [-0.15, -0.1) is 11.3 Å². The zero-order chi connectivity index (χ0) is 18.3. The van der Waals surface area contributed by atoms with Crippen molar-refractivity contribution in [2.45, 2.75) is 13.0 Å². The van der Waals surface area contributed by atoms with Gasteiger partial charge in [0.15, 0.2) is 5.13 Å². The number of piperazine rings is 1. The van der Waals surface area contributed by atoms with Crippen molar-refractivity contribution in [3.63, 3.8) is 0 Å². The highest BCUT2D eigenvalue weighted by Gasteiger charge is 2.38. The first-order valence-electron chi connectivity index (χ1n) is 8.63. The zero-order valence-corrected chi connectivity index (χ0v) is 15.4. The molecule has 6 nitrogen and oxygen atoms in total. The predicted octanol–water partition coefficient (Wildman–Crippen LogP) is 2.31. The van der Waals surface area contributed by atoms with E-state index in [2.05, 4.69) is 16.5 Å². The molecule has 2 aliphatic heterocycles. The van der Waals surface area contributed by atoms with Crippen molar-refractivity contribution in [2.75, 3.05) is 31.1 Å². The lowest BCUT2D eigenvalue weighted by molar-refractivity contribution is -0.134. The van der Waals surface area contributed by atoms with Crippen LogP contribution < -0.4 is 4.90 Å². The van der Waals surface area contributed by atoms with Crippen molar-refractivity contribution >= 4 is 34.0 Å². The summed E-state index contributed by atoms with van der Waals surface area (Å²) >= 11 is 1.61. The third kappa shape index (κ3) is 2.68. The molecule has 0 N–H and O–H groups in total. The van der Waals surface area contributed by atoms with Crippen LogP contribution in [-0.2, 0) is 4.79 Å². The van der Waals surface area contributed by atoms with E-state index in [-0.39, 0.29) is 11.8 Å². The van der Waals surface area contributed by atoms with Crippen LogP contribution in [0.3, 0.4) is 0 Å². The van der Waals surface area contributed by atoms with Crippen LogP contribution in [0.15, 0.2) is 42.4 Å². The number of thiazole rings is 1. The van der Waals surface area contributed by atoms with Crippen LogP contribution in [0.5, 0.6) is 0 Å². The second kappa shape index (κ2) is 6.57. The van der Waals surface area contributed by atoms with Gasteiger partial charge in [0.05, 0.1) is 0 Å². The van der Waals surface area contributed by atoms with Gasteiger partial charge >= 0.3 is 0 Å². The van der Waals surface area contributed by atoms with E-state index >= 15 is 0 Å². The van der Waals surface area contributed by atoms with Gasteiger partial charge in [-0.1, -0.05) is 24.8 Å². The molecule has 0 unspecified atom stereocenters. The van der Waals surface area contributed by atoms with Crippen molar-refractivity contribution in [2.24, 2.45) is 0 Å². The maximum Gasteiger partial charge on any atom is 0.259 e. The fraction of sp³-hybridized carbons (Fsp3) is 0.316.